The number of hydrogen-bond donors (Lipinski definition) is 0. The molecule has 1 aliphatic rings. The van der Waals surface area contributed by atoms with Crippen molar-refractivity contribution in [2.45, 2.75) is 26.3 Å². The highest BCUT2D eigenvalue weighted by Gasteiger charge is 2.26. The number of para-hydroxylation sites is 1. The van der Waals surface area contributed by atoms with Gasteiger partial charge in [0.05, 0.1) is 12.5 Å². The number of carbonyl (C=O) groups is 1. The lowest BCUT2D eigenvalue weighted by Gasteiger charge is -2.20. The summed E-state index contributed by atoms with van der Waals surface area (Å²) >= 11 is 0. The Morgan fingerprint density at radius 1 is 1.41 bits per heavy atom. The number of nitrogens with zero attached hydrogens (tertiary/aromatic N) is 2. The van der Waals surface area contributed by atoms with Crippen LogP contribution in [0.15, 0.2) is 35.4 Å². The third-order valence-corrected chi connectivity index (χ3v) is 2.59. The Hall–Kier alpha value is -1.84. The van der Waals surface area contributed by atoms with Crippen LogP contribution in [-0.2, 0) is 4.79 Å². The van der Waals surface area contributed by atoms with E-state index in [1.807, 2.05) is 44.2 Å². The summed E-state index contributed by atoms with van der Waals surface area (Å²) in [4.78, 5) is 11.6. The minimum Gasteiger partial charge on any atom is -0.491 e. The largest absolute Gasteiger partial charge is 0.491 e. The van der Waals surface area contributed by atoms with E-state index in [1.165, 1.54) is 5.01 Å². The molecule has 90 valence electrons. The second-order valence-corrected chi connectivity index (χ2v) is 4.22. The molecule has 0 N–H and O–H groups in total. The summed E-state index contributed by atoms with van der Waals surface area (Å²) in [5.74, 6) is 0.860. The number of amides is 1. The molecule has 0 bridgehead atoms. The smallest absolute Gasteiger partial charge is 0.248 e. The fourth-order valence-electron chi connectivity index (χ4n) is 1.72. The third kappa shape index (κ3) is 2.84. The number of ether oxygens (including phenoxy) is 1. The van der Waals surface area contributed by atoms with Crippen molar-refractivity contribution < 1.29 is 9.53 Å². The van der Waals surface area contributed by atoms with Crippen LogP contribution in [0.5, 0.6) is 5.75 Å². The van der Waals surface area contributed by atoms with Crippen LogP contribution in [0.25, 0.3) is 0 Å². The maximum atomic E-state index is 11.6. The molecule has 1 amide bonds. The molecule has 1 aromatic rings. The van der Waals surface area contributed by atoms with Crippen molar-refractivity contribution in [3.8, 4) is 5.75 Å². The van der Waals surface area contributed by atoms with Crippen molar-refractivity contribution in [2.24, 2.45) is 5.10 Å². The summed E-state index contributed by atoms with van der Waals surface area (Å²) in [6.07, 6.45) is 0.426. The lowest BCUT2D eigenvalue weighted by Crippen LogP contribution is -2.35. The molecule has 0 fully saturated rings. The highest BCUT2D eigenvalue weighted by molar-refractivity contribution is 6.03. The Kier molecular flexibility index (Phi) is 3.42. The first kappa shape index (κ1) is 11.6. The van der Waals surface area contributed by atoms with Crippen LogP contribution in [0.3, 0.4) is 0 Å². The molecule has 0 saturated carbocycles. The molecule has 2 rings (SSSR count). The van der Waals surface area contributed by atoms with E-state index in [-0.39, 0.29) is 11.9 Å². The van der Waals surface area contributed by atoms with Crippen LogP contribution in [0.1, 0.15) is 20.3 Å². The summed E-state index contributed by atoms with van der Waals surface area (Å²) in [6.45, 7) is 4.25. The second-order valence-electron chi connectivity index (χ2n) is 4.22. The van der Waals surface area contributed by atoms with Crippen LogP contribution in [0.4, 0.5) is 0 Å². The molecule has 1 unspecified atom stereocenters. The molecule has 1 aliphatic heterocycles. The Labute approximate surface area is 101 Å². The van der Waals surface area contributed by atoms with E-state index < -0.39 is 0 Å². The van der Waals surface area contributed by atoms with Crippen LogP contribution in [-0.4, -0.2) is 29.3 Å². The lowest BCUT2D eigenvalue weighted by molar-refractivity contribution is -0.131. The van der Waals surface area contributed by atoms with Crippen molar-refractivity contribution >= 4 is 11.6 Å². The molecule has 0 aliphatic carbocycles. The molecule has 4 nitrogen and oxygen atoms in total. The van der Waals surface area contributed by atoms with Gasteiger partial charge in [0.1, 0.15) is 12.4 Å². The SMILES string of the molecule is CC1=NN(C(C)COc2ccccc2)C(=O)C1. The number of hydrogen-bond acceptors (Lipinski definition) is 3. The second kappa shape index (κ2) is 4.99. The van der Waals surface area contributed by atoms with Gasteiger partial charge in [-0.1, -0.05) is 18.2 Å². The molecule has 17 heavy (non-hydrogen) atoms. The predicted molar refractivity (Wildman–Crippen MR) is 66.0 cm³/mol. The van der Waals surface area contributed by atoms with Gasteiger partial charge in [-0.25, -0.2) is 5.01 Å². The molecule has 0 radical (unpaired) electrons. The summed E-state index contributed by atoms with van der Waals surface area (Å²) in [7, 11) is 0. The van der Waals surface area contributed by atoms with E-state index in [0.717, 1.165) is 11.5 Å². The van der Waals surface area contributed by atoms with Gasteiger partial charge in [0.25, 0.3) is 0 Å². The Balaban J connectivity index is 1.90. The average Bonchev–Trinajstić information content (AvgIpc) is 2.67. The van der Waals surface area contributed by atoms with Gasteiger partial charge in [0.2, 0.25) is 5.91 Å². The molecular weight excluding hydrogens is 216 g/mol. The molecule has 1 aromatic carbocycles. The molecule has 0 saturated heterocycles. The van der Waals surface area contributed by atoms with Gasteiger partial charge in [0.15, 0.2) is 0 Å². The van der Waals surface area contributed by atoms with Gasteiger partial charge in [-0.05, 0) is 26.0 Å². The van der Waals surface area contributed by atoms with Gasteiger partial charge in [-0.3, -0.25) is 4.79 Å². The summed E-state index contributed by atoms with van der Waals surface area (Å²) in [5, 5.41) is 5.71. The Bertz CT molecular complexity index is 428. The maximum absolute atomic E-state index is 11.6. The van der Waals surface area contributed by atoms with Crippen LogP contribution < -0.4 is 4.74 Å². The third-order valence-electron chi connectivity index (χ3n) is 2.59. The van der Waals surface area contributed by atoms with E-state index in [1.54, 1.807) is 0 Å². The number of benzene rings is 1. The van der Waals surface area contributed by atoms with E-state index in [4.69, 9.17) is 4.74 Å². The highest BCUT2D eigenvalue weighted by atomic mass is 16.5. The molecule has 1 heterocycles. The van der Waals surface area contributed by atoms with E-state index in [9.17, 15) is 4.79 Å². The van der Waals surface area contributed by atoms with Crippen molar-refractivity contribution in [2.75, 3.05) is 6.61 Å². The van der Waals surface area contributed by atoms with Crippen molar-refractivity contribution in [1.29, 1.82) is 0 Å². The van der Waals surface area contributed by atoms with Gasteiger partial charge < -0.3 is 4.74 Å². The predicted octanol–water partition coefficient (Wildman–Crippen LogP) is 2.06. The Morgan fingerprint density at radius 2 is 2.12 bits per heavy atom. The van der Waals surface area contributed by atoms with Gasteiger partial charge >= 0.3 is 0 Å². The first-order chi connectivity index (χ1) is 8.16. The zero-order chi connectivity index (χ0) is 12.3. The van der Waals surface area contributed by atoms with Gasteiger partial charge in [0, 0.05) is 5.71 Å². The maximum Gasteiger partial charge on any atom is 0.248 e. The zero-order valence-electron chi connectivity index (χ0n) is 10.1. The number of carbonyl (C=O) groups excluding carboxylic acids is 1. The van der Waals surface area contributed by atoms with E-state index in [0.29, 0.717) is 13.0 Å². The van der Waals surface area contributed by atoms with Crippen molar-refractivity contribution in [3.05, 3.63) is 30.3 Å². The van der Waals surface area contributed by atoms with Crippen LogP contribution in [0, 0.1) is 0 Å². The molecular formula is C13H16N2O2. The molecule has 4 heteroatoms. The first-order valence-corrected chi connectivity index (χ1v) is 5.71. The molecule has 1 atom stereocenters. The monoisotopic (exact) mass is 232 g/mol. The summed E-state index contributed by atoms with van der Waals surface area (Å²) < 4.78 is 5.60. The number of rotatable bonds is 4. The minimum absolute atomic E-state index is 0.0415. The first-order valence-electron chi connectivity index (χ1n) is 5.71. The van der Waals surface area contributed by atoms with Gasteiger partial charge in [-0.2, -0.15) is 5.10 Å². The fraction of sp³-hybridized carbons (Fsp3) is 0.385. The van der Waals surface area contributed by atoms with Crippen LogP contribution >= 0.6 is 0 Å². The Morgan fingerprint density at radius 3 is 2.71 bits per heavy atom. The summed E-state index contributed by atoms with van der Waals surface area (Å²) in [6, 6.07) is 9.53. The van der Waals surface area contributed by atoms with Crippen molar-refractivity contribution in [3.63, 3.8) is 0 Å². The normalized spacial score (nSPS) is 16.9. The van der Waals surface area contributed by atoms with Crippen molar-refractivity contribution in [1.82, 2.24) is 5.01 Å². The minimum atomic E-state index is -0.0415. The lowest BCUT2D eigenvalue weighted by atomic mass is 10.3. The summed E-state index contributed by atoms with van der Waals surface area (Å²) in [5.41, 5.74) is 0.863. The number of hydrazone groups is 1. The fourth-order valence-corrected chi connectivity index (χ4v) is 1.72. The average molecular weight is 232 g/mol. The topological polar surface area (TPSA) is 41.9 Å². The molecule has 0 spiro atoms. The zero-order valence-corrected chi connectivity index (χ0v) is 10.1. The van der Waals surface area contributed by atoms with E-state index in [2.05, 4.69) is 5.10 Å². The molecule has 0 aromatic heterocycles. The quantitative estimate of drug-likeness (QED) is 0.797. The standard InChI is InChI=1S/C13H16N2O2/c1-10-8-13(16)15(14-10)11(2)9-17-12-6-4-3-5-7-12/h3-7,11H,8-9H2,1-2H3. The van der Waals surface area contributed by atoms with Crippen LogP contribution in [0.2, 0.25) is 0 Å². The highest BCUT2D eigenvalue weighted by Crippen LogP contribution is 2.14. The van der Waals surface area contributed by atoms with E-state index >= 15 is 0 Å². The van der Waals surface area contributed by atoms with Gasteiger partial charge in [-0.15, -0.1) is 0 Å².